The molecule has 1 fully saturated rings. The summed E-state index contributed by atoms with van der Waals surface area (Å²) in [4.78, 5) is 24.6. The summed E-state index contributed by atoms with van der Waals surface area (Å²) < 4.78 is 10.5. The predicted octanol–water partition coefficient (Wildman–Crippen LogP) is 3.31. The molecule has 0 N–H and O–H groups in total. The molecule has 0 bridgehead atoms. The summed E-state index contributed by atoms with van der Waals surface area (Å²) in [6.45, 7) is 0. The standard InChI is InChI=1S/C16H17BrO4/c1-20-14(18)16(15(19)21-2)10-6-9-12(16)13(17)11-7-4-3-5-8-11/h3-5,7-8H,6,9-10H2,1-2H3/b13-12+. The van der Waals surface area contributed by atoms with E-state index in [1.807, 2.05) is 30.3 Å². The summed E-state index contributed by atoms with van der Waals surface area (Å²) in [6, 6.07) is 9.58. The first-order chi connectivity index (χ1) is 10.1. The average molecular weight is 353 g/mol. The minimum absolute atomic E-state index is 0.406. The van der Waals surface area contributed by atoms with Crippen LogP contribution in [0.5, 0.6) is 0 Å². The van der Waals surface area contributed by atoms with Crippen molar-refractivity contribution in [3.05, 3.63) is 41.5 Å². The fourth-order valence-electron chi connectivity index (χ4n) is 2.83. The summed E-state index contributed by atoms with van der Waals surface area (Å²) in [5, 5.41) is 0. The molecule has 0 radical (unpaired) electrons. The molecule has 0 heterocycles. The van der Waals surface area contributed by atoms with E-state index in [0.717, 1.165) is 22.0 Å². The predicted molar refractivity (Wildman–Crippen MR) is 82.6 cm³/mol. The zero-order chi connectivity index (χ0) is 15.5. The van der Waals surface area contributed by atoms with Crippen LogP contribution in [0, 0.1) is 5.41 Å². The maximum Gasteiger partial charge on any atom is 0.327 e. The maximum atomic E-state index is 12.3. The Hall–Kier alpha value is -1.62. The first kappa shape index (κ1) is 15.8. The Morgan fingerprint density at radius 3 is 2.19 bits per heavy atom. The number of halogens is 1. The van der Waals surface area contributed by atoms with Gasteiger partial charge >= 0.3 is 11.9 Å². The zero-order valence-electron chi connectivity index (χ0n) is 12.0. The number of hydrogen-bond acceptors (Lipinski definition) is 4. The van der Waals surface area contributed by atoms with E-state index >= 15 is 0 Å². The number of rotatable bonds is 3. The molecule has 5 heteroatoms. The molecule has 0 spiro atoms. The third kappa shape index (κ3) is 2.62. The molecule has 2 rings (SSSR count). The molecule has 0 saturated heterocycles. The lowest BCUT2D eigenvalue weighted by molar-refractivity contribution is -0.165. The monoisotopic (exact) mass is 352 g/mol. The maximum absolute atomic E-state index is 12.3. The van der Waals surface area contributed by atoms with Crippen molar-refractivity contribution in [1.82, 2.24) is 0 Å². The van der Waals surface area contributed by atoms with Gasteiger partial charge in [-0.3, -0.25) is 9.59 Å². The topological polar surface area (TPSA) is 52.6 Å². The molecule has 1 aliphatic rings. The number of benzene rings is 1. The highest BCUT2D eigenvalue weighted by atomic mass is 79.9. The Bertz CT molecular complexity index is 561. The SMILES string of the molecule is COC(=O)C1(C(=O)OC)CCC/C1=C(\Br)c1ccccc1. The van der Waals surface area contributed by atoms with Gasteiger partial charge < -0.3 is 9.47 Å². The van der Waals surface area contributed by atoms with Crippen molar-refractivity contribution < 1.29 is 19.1 Å². The second-order valence-electron chi connectivity index (χ2n) is 4.90. The normalized spacial score (nSPS) is 19.0. The largest absolute Gasteiger partial charge is 0.468 e. The quantitative estimate of drug-likeness (QED) is 0.618. The minimum Gasteiger partial charge on any atom is -0.468 e. The second-order valence-corrected chi connectivity index (χ2v) is 5.69. The highest BCUT2D eigenvalue weighted by Gasteiger charge is 2.55. The van der Waals surface area contributed by atoms with Crippen molar-refractivity contribution in [2.75, 3.05) is 14.2 Å². The van der Waals surface area contributed by atoms with Crippen LogP contribution in [0.3, 0.4) is 0 Å². The molecule has 21 heavy (non-hydrogen) atoms. The van der Waals surface area contributed by atoms with Crippen molar-refractivity contribution in [2.24, 2.45) is 5.41 Å². The van der Waals surface area contributed by atoms with Gasteiger partial charge in [0.1, 0.15) is 0 Å². The van der Waals surface area contributed by atoms with Gasteiger partial charge in [0.2, 0.25) is 0 Å². The van der Waals surface area contributed by atoms with Gasteiger partial charge in [0.15, 0.2) is 5.41 Å². The van der Waals surface area contributed by atoms with Crippen molar-refractivity contribution >= 4 is 32.4 Å². The van der Waals surface area contributed by atoms with E-state index in [-0.39, 0.29) is 0 Å². The van der Waals surface area contributed by atoms with E-state index in [9.17, 15) is 9.59 Å². The molecule has 1 aromatic rings. The lowest BCUT2D eigenvalue weighted by atomic mass is 9.81. The first-order valence-electron chi connectivity index (χ1n) is 6.69. The van der Waals surface area contributed by atoms with Gasteiger partial charge in [-0.05, 0) is 30.4 Å². The summed E-state index contributed by atoms with van der Waals surface area (Å²) in [5.41, 5.74) is 0.317. The van der Waals surface area contributed by atoms with E-state index in [1.165, 1.54) is 14.2 Å². The first-order valence-corrected chi connectivity index (χ1v) is 7.48. The van der Waals surface area contributed by atoms with Gasteiger partial charge in [-0.25, -0.2) is 0 Å². The van der Waals surface area contributed by atoms with Crippen LogP contribution in [-0.4, -0.2) is 26.2 Å². The molecule has 4 nitrogen and oxygen atoms in total. The number of hydrogen-bond donors (Lipinski definition) is 0. The molecule has 112 valence electrons. The van der Waals surface area contributed by atoms with E-state index in [4.69, 9.17) is 9.47 Å². The Balaban J connectivity index is 2.60. The minimum atomic E-state index is -1.34. The Morgan fingerprint density at radius 1 is 1.10 bits per heavy atom. The van der Waals surface area contributed by atoms with Crippen LogP contribution in [0.4, 0.5) is 0 Å². The average Bonchev–Trinajstić information content (AvgIpc) is 2.99. The lowest BCUT2D eigenvalue weighted by Crippen LogP contribution is -2.40. The van der Waals surface area contributed by atoms with E-state index in [0.29, 0.717) is 12.8 Å². The Kier molecular flexibility index (Phi) is 4.83. The molecule has 0 aromatic heterocycles. The summed E-state index contributed by atoms with van der Waals surface area (Å²) >= 11 is 3.55. The lowest BCUT2D eigenvalue weighted by Gasteiger charge is -2.26. The third-order valence-corrected chi connectivity index (χ3v) is 4.79. The van der Waals surface area contributed by atoms with Crippen molar-refractivity contribution in [3.63, 3.8) is 0 Å². The highest BCUT2D eigenvalue weighted by Crippen LogP contribution is 2.49. The van der Waals surface area contributed by atoms with Crippen LogP contribution in [0.25, 0.3) is 4.48 Å². The van der Waals surface area contributed by atoms with E-state index < -0.39 is 17.4 Å². The molecule has 1 aromatic carbocycles. The smallest absolute Gasteiger partial charge is 0.327 e. The van der Waals surface area contributed by atoms with Crippen LogP contribution < -0.4 is 0 Å². The number of methoxy groups -OCH3 is 2. The third-order valence-electron chi connectivity index (χ3n) is 3.85. The van der Waals surface area contributed by atoms with Crippen LogP contribution in [-0.2, 0) is 19.1 Å². The number of esters is 2. The van der Waals surface area contributed by atoms with Gasteiger partial charge in [-0.1, -0.05) is 46.3 Å². The number of ether oxygens (including phenoxy) is 2. The van der Waals surface area contributed by atoms with Crippen LogP contribution in [0.15, 0.2) is 35.9 Å². The number of carbonyl (C=O) groups is 2. The molecular formula is C16H17BrO4. The van der Waals surface area contributed by atoms with Gasteiger partial charge in [0, 0.05) is 4.48 Å². The van der Waals surface area contributed by atoms with E-state index in [1.54, 1.807) is 0 Å². The molecule has 0 amide bonds. The van der Waals surface area contributed by atoms with Crippen LogP contribution in [0.2, 0.25) is 0 Å². The molecule has 0 atom stereocenters. The van der Waals surface area contributed by atoms with Gasteiger partial charge in [-0.2, -0.15) is 0 Å². The zero-order valence-corrected chi connectivity index (χ0v) is 13.6. The van der Waals surface area contributed by atoms with Gasteiger partial charge in [0.25, 0.3) is 0 Å². The Labute approximate surface area is 132 Å². The van der Waals surface area contributed by atoms with Crippen molar-refractivity contribution in [2.45, 2.75) is 19.3 Å². The van der Waals surface area contributed by atoms with Gasteiger partial charge in [-0.15, -0.1) is 0 Å². The second kappa shape index (κ2) is 6.43. The highest BCUT2D eigenvalue weighted by molar-refractivity contribution is 9.15. The summed E-state index contributed by atoms with van der Waals surface area (Å²) in [5.74, 6) is -1.12. The number of carbonyl (C=O) groups excluding carboxylic acids is 2. The fraction of sp³-hybridized carbons (Fsp3) is 0.375. The van der Waals surface area contributed by atoms with Crippen LogP contribution >= 0.6 is 15.9 Å². The molecular weight excluding hydrogens is 336 g/mol. The van der Waals surface area contributed by atoms with E-state index in [2.05, 4.69) is 15.9 Å². The Morgan fingerprint density at radius 2 is 1.67 bits per heavy atom. The molecule has 1 saturated carbocycles. The fourth-order valence-corrected chi connectivity index (χ4v) is 3.63. The molecule has 1 aliphatic carbocycles. The summed E-state index contributed by atoms with van der Waals surface area (Å²) in [6.07, 6.45) is 1.80. The molecule has 0 unspecified atom stereocenters. The summed E-state index contributed by atoms with van der Waals surface area (Å²) in [7, 11) is 2.58. The van der Waals surface area contributed by atoms with Crippen molar-refractivity contribution in [1.29, 1.82) is 0 Å². The van der Waals surface area contributed by atoms with Crippen LogP contribution in [0.1, 0.15) is 24.8 Å². The van der Waals surface area contributed by atoms with Gasteiger partial charge in [0.05, 0.1) is 14.2 Å². The molecule has 0 aliphatic heterocycles. The van der Waals surface area contributed by atoms with Crippen molar-refractivity contribution in [3.8, 4) is 0 Å².